The highest BCUT2D eigenvalue weighted by atomic mass is 13.9. The second kappa shape index (κ2) is 1.13. The van der Waals surface area contributed by atoms with Crippen molar-refractivity contribution in [2.75, 3.05) is 0 Å². The third kappa shape index (κ3) is 0.410. The Hall–Kier alpha value is -0.780. The zero-order chi connectivity index (χ0) is 4.41. The standard InChI is InChI=1S/C6H5/c1-6-4-2-3-5-6/h1-5H. The van der Waals surface area contributed by atoms with E-state index in [4.69, 9.17) is 6.58 Å². The van der Waals surface area contributed by atoms with Gasteiger partial charge in [0.25, 0.3) is 0 Å². The Morgan fingerprint density at radius 3 is 1.83 bits per heavy atom. The maximum atomic E-state index is 5.28. The van der Waals surface area contributed by atoms with Crippen LogP contribution >= 0.6 is 0 Å². The van der Waals surface area contributed by atoms with Crippen LogP contribution in [0, 0.1) is 6.58 Å². The van der Waals surface area contributed by atoms with Gasteiger partial charge in [0, 0.05) is 0 Å². The molecule has 0 aliphatic heterocycles. The van der Waals surface area contributed by atoms with Crippen molar-refractivity contribution in [3.05, 3.63) is 36.5 Å². The molecular weight excluding hydrogens is 72.1 g/mol. The van der Waals surface area contributed by atoms with Gasteiger partial charge in [-0.3, -0.25) is 0 Å². The zero-order valence-corrected chi connectivity index (χ0v) is 3.39. The fraction of sp³-hybridized carbons (Fsp3) is 0. The largest absolute Gasteiger partial charge is 0.0617 e. The van der Waals surface area contributed by atoms with Crippen LogP contribution in [-0.2, 0) is 0 Å². The molecule has 1 aliphatic rings. The summed E-state index contributed by atoms with van der Waals surface area (Å²) < 4.78 is 0. The molecule has 0 saturated carbocycles. The predicted octanol–water partition coefficient (Wildman–Crippen LogP) is 1.47. The Bertz CT molecular complexity index is 102. The Balaban J connectivity index is 2.86. The van der Waals surface area contributed by atoms with Crippen molar-refractivity contribution >= 4 is 0 Å². The summed E-state index contributed by atoms with van der Waals surface area (Å²) in [6.07, 6.45) is 7.55. The fourth-order valence-corrected chi connectivity index (χ4v) is 0.389. The summed E-state index contributed by atoms with van der Waals surface area (Å²) in [7, 11) is 0. The lowest BCUT2D eigenvalue weighted by molar-refractivity contribution is 1.83. The van der Waals surface area contributed by atoms with Crippen molar-refractivity contribution in [2.24, 2.45) is 0 Å². The molecule has 0 bridgehead atoms. The van der Waals surface area contributed by atoms with Gasteiger partial charge >= 0.3 is 0 Å². The van der Waals surface area contributed by atoms with Gasteiger partial charge in [0.15, 0.2) is 0 Å². The molecule has 0 heteroatoms. The first-order valence-electron chi connectivity index (χ1n) is 1.87. The molecule has 0 nitrogen and oxygen atoms in total. The monoisotopic (exact) mass is 77.0 g/mol. The van der Waals surface area contributed by atoms with E-state index in [1.54, 1.807) is 0 Å². The minimum absolute atomic E-state index is 0.843. The van der Waals surface area contributed by atoms with Gasteiger partial charge in [-0.15, -0.1) is 0 Å². The van der Waals surface area contributed by atoms with Gasteiger partial charge < -0.3 is 0 Å². The highest BCUT2D eigenvalue weighted by Crippen LogP contribution is 2.01. The molecule has 0 aromatic carbocycles. The minimum Gasteiger partial charge on any atom is -0.0617 e. The third-order valence-corrected chi connectivity index (χ3v) is 0.688. The van der Waals surface area contributed by atoms with E-state index in [-0.39, 0.29) is 0 Å². The summed E-state index contributed by atoms with van der Waals surface area (Å²) in [5.41, 5.74) is 0.843. The van der Waals surface area contributed by atoms with Crippen molar-refractivity contribution in [3.63, 3.8) is 0 Å². The predicted molar refractivity (Wildman–Crippen MR) is 26.1 cm³/mol. The molecule has 0 amide bonds. The molecular formula is C6H5. The summed E-state index contributed by atoms with van der Waals surface area (Å²) in [6, 6.07) is 0. The first-order valence-corrected chi connectivity index (χ1v) is 1.87. The minimum atomic E-state index is 0.843. The molecule has 0 fully saturated rings. The van der Waals surface area contributed by atoms with E-state index in [0.29, 0.717) is 0 Å². The molecule has 0 heterocycles. The zero-order valence-electron chi connectivity index (χ0n) is 3.39. The van der Waals surface area contributed by atoms with Crippen molar-refractivity contribution in [1.82, 2.24) is 0 Å². The van der Waals surface area contributed by atoms with Crippen LogP contribution in [0.3, 0.4) is 0 Å². The van der Waals surface area contributed by atoms with Crippen LogP contribution in [0.1, 0.15) is 0 Å². The molecule has 29 valence electrons. The van der Waals surface area contributed by atoms with E-state index in [2.05, 4.69) is 0 Å². The highest BCUT2D eigenvalue weighted by molar-refractivity contribution is 5.36. The molecule has 0 spiro atoms. The summed E-state index contributed by atoms with van der Waals surface area (Å²) in [5, 5.41) is 0. The average molecular weight is 77.1 g/mol. The first kappa shape index (κ1) is 3.41. The Labute approximate surface area is 37.5 Å². The van der Waals surface area contributed by atoms with E-state index >= 15 is 0 Å². The topological polar surface area (TPSA) is 0 Å². The van der Waals surface area contributed by atoms with Crippen LogP contribution in [0.4, 0.5) is 0 Å². The van der Waals surface area contributed by atoms with E-state index in [1.807, 2.05) is 24.3 Å². The van der Waals surface area contributed by atoms with Crippen LogP contribution in [-0.4, -0.2) is 0 Å². The second-order valence-electron chi connectivity index (χ2n) is 1.22. The normalized spacial score (nSPS) is 17.0. The molecule has 0 unspecified atom stereocenters. The average Bonchev–Trinajstić information content (AvgIpc) is 1.86. The summed E-state index contributed by atoms with van der Waals surface area (Å²) in [4.78, 5) is 0. The van der Waals surface area contributed by atoms with Crippen LogP contribution in [0.5, 0.6) is 0 Å². The van der Waals surface area contributed by atoms with Crippen molar-refractivity contribution in [2.45, 2.75) is 0 Å². The third-order valence-electron chi connectivity index (χ3n) is 0.688. The maximum absolute atomic E-state index is 5.28. The number of rotatable bonds is 0. The Morgan fingerprint density at radius 1 is 1.17 bits per heavy atom. The van der Waals surface area contributed by atoms with Gasteiger partial charge in [0.05, 0.1) is 0 Å². The van der Waals surface area contributed by atoms with E-state index in [1.165, 1.54) is 0 Å². The maximum Gasteiger partial charge on any atom is -0.0256 e. The fourth-order valence-electron chi connectivity index (χ4n) is 0.389. The summed E-state index contributed by atoms with van der Waals surface area (Å²) in [6.45, 7) is 5.28. The molecule has 1 radical (unpaired) electrons. The van der Waals surface area contributed by atoms with Crippen LogP contribution in [0.25, 0.3) is 0 Å². The molecule has 1 aliphatic carbocycles. The van der Waals surface area contributed by atoms with E-state index < -0.39 is 0 Å². The molecule has 0 N–H and O–H groups in total. The number of hydrogen-bond donors (Lipinski definition) is 0. The molecule has 6 heavy (non-hydrogen) atoms. The summed E-state index contributed by atoms with van der Waals surface area (Å²) >= 11 is 0. The highest BCUT2D eigenvalue weighted by Gasteiger charge is 1.81. The Kier molecular flexibility index (Phi) is 0.643. The van der Waals surface area contributed by atoms with Gasteiger partial charge in [-0.05, 0) is 5.57 Å². The molecule has 1 rings (SSSR count). The van der Waals surface area contributed by atoms with Crippen LogP contribution in [0.2, 0.25) is 0 Å². The number of allylic oxidation sites excluding steroid dienone is 5. The lowest BCUT2D eigenvalue weighted by Crippen LogP contribution is -1.51. The van der Waals surface area contributed by atoms with E-state index in [0.717, 1.165) is 5.57 Å². The van der Waals surface area contributed by atoms with Gasteiger partial charge in [0.2, 0.25) is 0 Å². The number of hydrogen-bond acceptors (Lipinski definition) is 0. The molecule has 0 aromatic rings. The smallest absolute Gasteiger partial charge is 0.0256 e. The quantitative estimate of drug-likeness (QED) is 0.410. The first-order chi connectivity index (χ1) is 2.89. The summed E-state index contributed by atoms with van der Waals surface area (Å²) in [5.74, 6) is 0. The second-order valence-corrected chi connectivity index (χ2v) is 1.22. The van der Waals surface area contributed by atoms with Crippen molar-refractivity contribution < 1.29 is 0 Å². The van der Waals surface area contributed by atoms with Crippen molar-refractivity contribution in [1.29, 1.82) is 0 Å². The lowest BCUT2D eigenvalue weighted by atomic mass is 10.4. The molecule has 0 aromatic heterocycles. The van der Waals surface area contributed by atoms with Gasteiger partial charge in [-0.1, -0.05) is 30.9 Å². The van der Waals surface area contributed by atoms with E-state index in [9.17, 15) is 0 Å². The van der Waals surface area contributed by atoms with Gasteiger partial charge in [0.1, 0.15) is 0 Å². The van der Waals surface area contributed by atoms with Gasteiger partial charge in [-0.2, -0.15) is 0 Å². The van der Waals surface area contributed by atoms with Crippen LogP contribution < -0.4 is 0 Å². The Morgan fingerprint density at radius 2 is 1.67 bits per heavy atom. The molecule has 0 saturated heterocycles. The van der Waals surface area contributed by atoms with Crippen molar-refractivity contribution in [3.8, 4) is 0 Å². The molecule has 0 atom stereocenters. The van der Waals surface area contributed by atoms with Gasteiger partial charge in [-0.25, -0.2) is 0 Å². The lowest BCUT2D eigenvalue weighted by Gasteiger charge is -1.70. The SMILES string of the molecule is [CH]=C1C=CC=C1. The van der Waals surface area contributed by atoms with Crippen LogP contribution in [0.15, 0.2) is 29.9 Å².